The van der Waals surface area contributed by atoms with Crippen LogP contribution >= 0.6 is 15.9 Å². The van der Waals surface area contributed by atoms with E-state index in [1.54, 1.807) is 36.2 Å². The number of carbonyl (C=O) groups excluding carboxylic acids is 1. The normalized spacial score (nSPS) is 11.9. The predicted molar refractivity (Wildman–Crippen MR) is 107 cm³/mol. The molecule has 1 N–H and O–H groups in total. The first-order valence-corrected chi connectivity index (χ1v) is 9.40. The number of nitrogens with one attached hydrogen (secondary N) is 1. The summed E-state index contributed by atoms with van der Waals surface area (Å²) < 4.78 is 9.59. The van der Waals surface area contributed by atoms with Crippen LogP contribution in [-0.4, -0.2) is 41.3 Å². The number of hydrogen-bond acceptors (Lipinski definition) is 6. The largest absolute Gasteiger partial charge is 0.444 e. The average Bonchev–Trinajstić information content (AvgIpc) is 3.16. The number of benzene rings is 1. The molecular formula is C18H18BrN7O2. The second-order valence-electron chi connectivity index (χ2n) is 7.26. The summed E-state index contributed by atoms with van der Waals surface area (Å²) in [7, 11) is 0. The molecule has 0 saturated carbocycles. The van der Waals surface area contributed by atoms with Gasteiger partial charge in [0.05, 0.1) is 24.0 Å². The second kappa shape index (κ2) is 6.86. The minimum absolute atomic E-state index is 0.369. The Balaban J connectivity index is 1.56. The van der Waals surface area contributed by atoms with Gasteiger partial charge in [0.2, 0.25) is 0 Å². The lowest BCUT2D eigenvalue weighted by molar-refractivity contribution is 0.0635. The average molecular weight is 444 g/mol. The molecule has 1 aromatic carbocycles. The summed E-state index contributed by atoms with van der Waals surface area (Å²) >= 11 is 3.47. The highest BCUT2D eigenvalue weighted by molar-refractivity contribution is 9.10. The number of halogens is 1. The number of ether oxygens (including phenoxy) is 1. The van der Waals surface area contributed by atoms with Gasteiger partial charge >= 0.3 is 6.09 Å². The summed E-state index contributed by atoms with van der Waals surface area (Å²) in [5.74, 6) is 0.369. The fourth-order valence-corrected chi connectivity index (χ4v) is 3.03. The van der Waals surface area contributed by atoms with Crippen LogP contribution < -0.4 is 5.32 Å². The number of imidazole rings is 1. The van der Waals surface area contributed by atoms with Crippen LogP contribution in [0, 0.1) is 0 Å². The van der Waals surface area contributed by atoms with E-state index in [9.17, 15) is 4.79 Å². The highest BCUT2D eigenvalue weighted by Gasteiger charge is 2.17. The molecule has 4 aromatic rings. The molecule has 0 aliphatic heterocycles. The molecule has 9 nitrogen and oxygen atoms in total. The maximum Gasteiger partial charge on any atom is 0.413 e. The van der Waals surface area contributed by atoms with Crippen LogP contribution in [0.1, 0.15) is 26.5 Å². The zero-order valence-corrected chi connectivity index (χ0v) is 17.1. The van der Waals surface area contributed by atoms with Crippen LogP contribution in [0.2, 0.25) is 0 Å². The first kappa shape index (κ1) is 18.4. The van der Waals surface area contributed by atoms with Crippen LogP contribution in [0.5, 0.6) is 0 Å². The molecule has 0 bridgehead atoms. The summed E-state index contributed by atoms with van der Waals surface area (Å²) in [4.78, 5) is 16.2. The molecule has 0 fully saturated rings. The Bertz CT molecular complexity index is 1180. The van der Waals surface area contributed by atoms with Crippen LogP contribution in [0.4, 0.5) is 10.6 Å². The number of carbonyl (C=O) groups is 1. The monoisotopic (exact) mass is 443 g/mol. The Morgan fingerprint density at radius 2 is 2.07 bits per heavy atom. The summed E-state index contributed by atoms with van der Waals surface area (Å²) in [6, 6.07) is 9.50. The van der Waals surface area contributed by atoms with Crippen LogP contribution in [0.15, 0.2) is 41.0 Å². The molecule has 0 saturated heterocycles. The maximum atomic E-state index is 11.9. The maximum absolute atomic E-state index is 11.9. The summed E-state index contributed by atoms with van der Waals surface area (Å²) in [5, 5.41) is 15.5. The van der Waals surface area contributed by atoms with Crippen molar-refractivity contribution in [3.05, 3.63) is 46.7 Å². The molecule has 0 atom stereocenters. The molecule has 0 spiro atoms. The molecule has 0 radical (unpaired) electrons. The lowest BCUT2D eigenvalue weighted by atomic mass is 10.2. The van der Waals surface area contributed by atoms with Crippen LogP contribution in [-0.2, 0) is 11.3 Å². The lowest BCUT2D eigenvalue weighted by Gasteiger charge is -2.18. The second-order valence-corrected chi connectivity index (χ2v) is 8.18. The van der Waals surface area contributed by atoms with Gasteiger partial charge in [-0.2, -0.15) is 5.10 Å². The van der Waals surface area contributed by atoms with Gasteiger partial charge in [0, 0.05) is 4.47 Å². The van der Waals surface area contributed by atoms with Crippen molar-refractivity contribution in [2.45, 2.75) is 32.9 Å². The van der Waals surface area contributed by atoms with Crippen LogP contribution in [0.25, 0.3) is 16.7 Å². The van der Waals surface area contributed by atoms with Gasteiger partial charge in [-0.05, 0) is 51.1 Å². The fraction of sp³-hybridized carbons (Fsp3) is 0.278. The van der Waals surface area contributed by atoms with Crippen molar-refractivity contribution in [1.29, 1.82) is 0 Å². The molecule has 10 heteroatoms. The molecule has 1 amide bonds. The summed E-state index contributed by atoms with van der Waals surface area (Å²) in [6.07, 6.45) is 1.08. The molecular weight excluding hydrogens is 426 g/mol. The zero-order valence-electron chi connectivity index (χ0n) is 15.5. The topological polar surface area (TPSA) is 99.2 Å². The van der Waals surface area contributed by atoms with Crippen molar-refractivity contribution in [3.63, 3.8) is 0 Å². The Hall–Kier alpha value is -3.01. The van der Waals surface area contributed by atoms with E-state index in [0.29, 0.717) is 18.0 Å². The highest BCUT2D eigenvalue weighted by Crippen LogP contribution is 2.19. The minimum atomic E-state index is -0.579. The van der Waals surface area contributed by atoms with E-state index in [2.05, 4.69) is 41.6 Å². The number of amides is 1. The SMILES string of the molecule is CC(C)(C)OC(=O)Nc1cn2nc(Cn3nnc4ccc(Br)cc43)ccc2n1. The van der Waals surface area contributed by atoms with E-state index in [0.717, 1.165) is 21.2 Å². The van der Waals surface area contributed by atoms with E-state index in [4.69, 9.17) is 4.74 Å². The molecule has 0 aliphatic carbocycles. The van der Waals surface area contributed by atoms with Crippen molar-refractivity contribution in [2.75, 3.05) is 5.32 Å². The Morgan fingerprint density at radius 3 is 2.86 bits per heavy atom. The van der Waals surface area contributed by atoms with E-state index < -0.39 is 11.7 Å². The zero-order chi connectivity index (χ0) is 19.9. The number of nitrogens with zero attached hydrogens (tertiary/aromatic N) is 6. The van der Waals surface area contributed by atoms with Gasteiger partial charge in [0.1, 0.15) is 11.1 Å². The molecule has 4 rings (SSSR count). The molecule has 3 heterocycles. The summed E-state index contributed by atoms with van der Waals surface area (Å²) in [5.41, 5.74) is 2.54. The van der Waals surface area contributed by atoms with Crippen molar-refractivity contribution in [3.8, 4) is 0 Å². The quantitative estimate of drug-likeness (QED) is 0.518. The number of anilines is 1. The van der Waals surface area contributed by atoms with Gasteiger partial charge in [-0.25, -0.2) is 19.0 Å². The predicted octanol–water partition coefficient (Wildman–Crippen LogP) is 3.63. The smallest absolute Gasteiger partial charge is 0.413 e. The Kier molecular flexibility index (Phi) is 4.50. The van der Waals surface area contributed by atoms with E-state index >= 15 is 0 Å². The number of aromatic nitrogens is 6. The van der Waals surface area contributed by atoms with Crippen molar-refractivity contribution in [2.24, 2.45) is 0 Å². The van der Waals surface area contributed by atoms with Crippen molar-refractivity contribution >= 4 is 44.5 Å². The minimum Gasteiger partial charge on any atom is -0.444 e. The van der Waals surface area contributed by atoms with Crippen molar-refractivity contribution in [1.82, 2.24) is 29.6 Å². The third-order valence-electron chi connectivity index (χ3n) is 3.79. The molecule has 3 aromatic heterocycles. The Labute approximate surface area is 168 Å². The first-order valence-electron chi connectivity index (χ1n) is 8.61. The lowest BCUT2D eigenvalue weighted by Crippen LogP contribution is -2.27. The number of hydrogen-bond donors (Lipinski definition) is 1. The third-order valence-corrected chi connectivity index (χ3v) is 4.29. The number of fused-ring (bicyclic) bond motifs is 2. The molecule has 0 unspecified atom stereocenters. The standard InChI is InChI=1S/C18H18BrN7O2/c1-18(2,3)28-17(27)21-15-10-26-16(20-15)7-5-12(23-26)9-25-14-8-11(19)4-6-13(14)22-24-25/h4-8,10H,9H2,1-3H3,(H,21,27). The van der Waals surface area contributed by atoms with Gasteiger partial charge in [0.15, 0.2) is 11.5 Å². The van der Waals surface area contributed by atoms with E-state index in [-0.39, 0.29) is 0 Å². The molecule has 0 aliphatic rings. The fourth-order valence-electron chi connectivity index (χ4n) is 2.68. The van der Waals surface area contributed by atoms with Gasteiger partial charge in [-0.3, -0.25) is 5.32 Å². The van der Waals surface area contributed by atoms with Gasteiger partial charge in [-0.1, -0.05) is 21.1 Å². The van der Waals surface area contributed by atoms with Crippen LogP contribution in [0.3, 0.4) is 0 Å². The summed E-state index contributed by atoms with van der Waals surface area (Å²) in [6.45, 7) is 5.86. The highest BCUT2D eigenvalue weighted by atomic mass is 79.9. The van der Waals surface area contributed by atoms with E-state index in [1.807, 2.05) is 30.3 Å². The Morgan fingerprint density at radius 1 is 1.25 bits per heavy atom. The van der Waals surface area contributed by atoms with Gasteiger partial charge in [0.25, 0.3) is 0 Å². The van der Waals surface area contributed by atoms with Crippen molar-refractivity contribution < 1.29 is 9.53 Å². The van der Waals surface area contributed by atoms with Gasteiger partial charge < -0.3 is 4.74 Å². The molecule has 144 valence electrons. The van der Waals surface area contributed by atoms with Gasteiger partial charge in [-0.15, -0.1) is 5.10 Å². The van der Waals surface area contributed by atoms with E-state index in [1.165, 1.54) is 0 Å². The number of rotatable bonds is 3. The third kappa shape index (κ3) is 3.96. The first-order chi connectivity index (χ1) is 13.3. The molecule has 28 heavy (non-hydrogen) atoms.